The molecule has 108 valence electrons. The first kappa shape index (κ1) is 14.8. The number of nitrogens with one attached hydrogen (secondary N) is 1. The number of aromatic nitrogens is 2. The predicted octanol–water partition coefficient (Wildman–Crippen LogP) is 3.85. The van der Waals surface area contributed by atoms with Crippen molar-refractivity contribution in [3.8, 4) is 0 Å². The lowest BCUT2D eigenvalue weighted by Gasteiger charge is -2.08. The number of allylic oxidation sites excluding steroid dienone is 6. The molecule has 1 aliphatic carbocycles. The molecule has 4 nitrogen and oxygen atoms in total. The van der Waals surface area contributed by atoms with Crippen LogP contribution >= 0.6 is 0 Å². The van der Waals surface area contributed by atoms with E-state index in [0.29, 0.717) is 18.3 Å². The van der Waals surface area contributed by atoms with Crippen LogP contribution in [0.3, 0.4) is 0 Å². The third-order valence-corrected chi connectivity index (χ3v) is 2.83. The lowest BCUT2D eigenvalue weighted by molar-refractivity contribution is 0.242. The molecule has 0 saturated carbocycles. The molecule has 21 heavy (non-hydrogen) atoms. The van der Waals surface area contributed by atoms with Crippen LogP contribution in [-0.4, -0.2) is 16.6 Å². The van der Waals surface area contributed by atoms with Crippen molar-refractivity contribution in [2.45, 2.75) is 13.3 Å². The summed E-state index contributed by atoms with van der Waals surface area (Å²) in [5.41, 5.74) is 2.47. The van der Waals surface area contributed by atoms with Crippen molar-refractivity contribution in [3.63, 3.8) is 0 Å². The van der Waals surface area contributed by atoms with Crippen LogP contribution in [0.5, 0.6) is 0 Å². The van der Waals surface area contributed by atoms with Crippen LogP contribution in [0.4, 0.5) is 5.95 Å². The van der Waals surface area contributed by atoms with Crippen LogP contribution in [0.15, 0.2) is 67.3 Å². The second-order valence-electron chi connectivity index (χ2n) is 4.40. The van der Waals surface area contributed by atoms with E-state index in [-0.39, 0.29) is 0 Å². The Morgan fingerprint density at radius 2 is 2.38 bits per heavy atom. The summed E-state index contributed by atoms with van der Waals surface area (Å²) in [6, 6.07) is 1.87. The van der Waals surface area contributed by atoms with E-state index in [1.165, 1.54) is 0 Å². The van der Waals surface area contributed by atoms with Gasteiger partial charge in [0.1, 0.15) is 5.76 Å². The SMILES string of the molecule is C=CC(=C)Nc1nccc(C2=CC(OCC)=CCC=C2)n1. The fourth-order valence-corrected chi connectivity index (χ4v) is 1.84. The Hall–Kier alpha value is -2.62. The van der Waals surface area contributed by atoms with Gasteiger partial charge in [-0.15, -0.1) is 0 Å². The molecule has 0 aliphatic heterocycles. The van der Waals surface area contributed by atoms with Gasteiger partial charge in [0, 0.05) is 17.5 Å². The smallest absolute Gasteiger partial charge is 0.227 e. The van der Waals surface area contributed by atoms with Crippen molar-refractivity contribution < 1.29 is 4.74 Å². The first-order valence-electron chi connectivity index (χ1n) is 6.86. The number of hydrogen-bond acceptors (Lipinski definition) is 4. The van der Waals surface area contributed by atoms with E-state index in [4.69, 9.17) is 4.74 Å². The zero-order valence-electron chi connectivity index (χ0n) is 12.2. The average molecular weight is 281 g/mol. The van der Waals surface area contributed by atoms with Crippen molar-refractivity contribution >= 4 is 11.5 Å². The molecule has 0 unspecified atom stereocenters. The second-order valence-corrected chi connectivity index (χ2v) is 4.40. The third-order valence-electron chi connectivity index (χ3n) is 2.83. The zero-order chi connectivity index (χ0) is 15.1. The lowest BCUT2D eigenvalue weighted by Crippen LogP contribution is -2.02. The van der Waals surface area contributed by atoms with Gasteiger partial charge in [-0.25, -0.2) is 9.97 Å². The molecule has 0 aromatic carbocycles. The lowest BCUT2D eigenvalue weighted by atomic mass is 10.1. The number of anilines is 1. The molecule has 0 saturated heterocycles. The van der Waals surface area contributed by atoms with E-state index < -0.39 is 0 Å². The minimum atomic E-state index is 0.498. The molecule has 1 heterocycles. The standard InChI is InChI=1S/C17H19N3O/c1-4-13(3)19-17-18-11-10-16(20-17)14-8-6-7-9-15(12-14)21-5-2/h4,6,8-12H,1,3,5,7H2,2H3,(H,18,19,20). The van der Waals surface area contributed by atoms with Crippen LogP contribution in [0, 0.1) is 0 Å². The van der Waals surface area contributed by atoms with Crippen molar-refractivity contribution in [1.82, 2.24) is 9.97 Å². The van der Waals surface area contributed by atoms with Crippen LogP contribution in [0.25, 0.3) is 5.57 Å². The van der Waals surface area contributed by atoms with Gasteiger partial charge in [0.25, 0.3) is 0 Å². The molecule has 0 radical (unpaired) electrons. The summed E-state index contributed by atoms with van der Waals surface area (Å²) in [6.45, 7) is 10.1. The van der Waals surface area contributed by atoms with E-state index in [2.05, 4.69) is 34.5 Å². The summed E-state index contributed by atoms with van der Waals surface area (Å²) >= 11 is 0. The van der Waals surface area contributed by atoms with Crippen molar-refractivity contribution in [1.29, 1.82) is 0 Å². The summed E-state index contributed by atoms with van der Waals surface area (Å²) in [7, 11) is 0. The topological polar surface area (TPSA) is 47.0 Å². The van der Waals surface area contributed by atoms with Crippen LogP contribution in [0.1, 0.15) is 19.0 Å². The quantitative estimate of drug-likeness (QED) is 0.804. The first-order chi connectivity index (χ1) is 10.2. The molecule has 2 rings (SSSR count). The summed E-state index contributed by atoms with van der Waals surface area (Å²) in [6.07, 6.45) is 12.3. The predicted molar refractivity (Wildman–Crippen MR) is 86.4 cm³/mol. The average Bonchev–Trinajstić information content (AvgIpc) is 2.73. The van der Waals surface area contributed by atoms with Gasteiger partial charge in [-0.3, -0.25) is 0 Å². The number of nitrogens with zero attached hydrogens (tertiary/aromatic N) is 2. The Morgan fingerprint density at radius 3 is 3.14 bits per heavy atom. The van der Waals surface area contributed by atoms with E-state index in [1.807, 2.05) is 31.2 Å². The molecule has 1 aromatic rings. The molecule has 0 bridgehead atoms. The monoisotopic (exact) mass is 281 g/mol. The van der Waals surface area contributed by atoms with Gasteiger partial charge in [0.15, 0.2) is 0 Å². The van der Waals surface area contributed by atoms with E-state index in [1.54, 1.807) is 12.3 Å². The Balaban J connectivity index is 2.28. The minimum absolute atomic E-state index is 0.498. The van der Waals surface area contributed by atoms with Gasteiger partial charge < -0.3 is 10.1 Å². The van der Waals surface area contributed by atoms with Crippen LogP contribution in [-0.2, 0) is 4.74 Å². The summed E-state index contributed by atoms with van der Waals surface area (Å²) in [5, 5.41) is 2.99. The van der Waals surface area contributed by atoms with E-state index in [0.717, 1.165) is 23.4 Å². The van der Waals surface area contributed by atoms with E-state index >= 15 is 0 Å². The highest BCUT2D eigenvalue weighted by Crippen LogP contribution is 2.21. The van der Waals surface area contributed by atoms with Crippen LogP contribution < -0.4 is 5.32 Å². The number of rotatable bonds is 6. The molecule has 0 fully saturated rings. The van der Waals surface area contributed by atoms with Gasteiger partial charge in [-0.1, -0.05) is 25.3 Å². The largest absolute Gasteiger partial charge is 0.494 e. The molecule has 1 N–H and O–H groups in total. The first-order valence-corrected chi connectivity index (χ1v) is 6.86. The van der Waals surface area contributed by atoms with Gasteiger partial charge >= 0.3 is 0 Å². The maximum Gasteiger partial charge on any atom is 0.227 e. The van der Waals surface area contributed by atoms with Gasteiger partial charge in [-0.2, -0.15) is 0 Å². The second kappa shape index (κ2) is 7.24. The Kier molecular flexibility index (Phi) is 5.10. The van der Waals surface area contributed by atoms with Gasteiger partial charge in [0.2, 0.25) is 5.95 Å². The highest BCUT2D eigenvalue weighted by Gasteiger charge is 2.06. The fourth-order valence-electron chi connectivity index (χ4n) is 1.84. The number of ether oxygens (including phenoxy) is 1. The maximum absolute atomic E-state index is 5.59. The molecular formula is C17H19N3O. The summed E-state index contributed by atoms with van der Waals surface area (Å²) in [5.74, 6) is 1.36. The number of hydrogen-bond donors (Lipinski definition) is 1. The van der Waals surface area contributed by atoms with Gasteiger partial charge in [-0.05, 0) is 37.6 Å². The van der Waals surface area contributed by atoms with Crippen LogP contribution in [0.2, 0.25) is 0 Å². The Labute approximate surface area is 125 Å². The third kappa shape index (κ3) is 4.18. The molecular weight excluding hydrogens is 262 g/mol. The molecule has 0 amide bonds. The fraction of sp³-hybridized carbons (Fsp3) is 0.176. The Morgan fingerprint density at radius 1 is 1.52 bits per heavy atom. The summed E-state index contributed by atoms with van der Waals surface area (Å²) in [4.78, 5) is 8.66. The Bertz CT molecular complexity index is 627. The maximum atomic E-state index is 5.59. The van der Waals surface area contributed by atoms with Crippen molar-refractivity contribution in [2.24, 2.45) is 0 Å². The normalized spacial score (nSPS) is 13.8. The minimum Gasteiger partial charge on any atom is -0.494 e. The van der Waals surface area contributed by atoms with Crippen molar-refractivity contribution in [2.75, 3.05) is 11.9 Å². The highest BCUT2D eigenvalue weighted by molar-refractivity contribution is 5.74. The van der Waals surface area contributed by atoms with E-state index in [9.17, 15) is 0 Å². The highest BCUT2D eigenvalue weighted by atomic mass is 16.5. The molecule has 0 spiro atoms. The molecule has 4 heteroatoms. The zero-order valence-corrected chi connectivity index (χ0v) is 12.2. The van der Waals surface area contributed by atoms with Gasteiger partial charge in [0.05, 0.1) is 12.3 Å². The molecule has 0 atom stereocenters. The molecule has 1 aliphatic rings. The summed E-state index contributed by atoms with van der Waals surface area (Å²) < 4.78 is 5.59. The molecule has 1 aromatic heterocycles. The van der Waals surface area contributed by atoms with Crippen molar-refractivity contribution in [3.05, 3.63) is 73.0 Å².